The van der Waals surface area contributed by atoms with Gasteiger partial charge in [-0.3, -0.25) is 9.59 Å². The molecule has 2 aromatic rings. The van der Waals surface area contributed by atoms with Crippen LogP contribution in [0.5, 0.6) is 11.5 Å². The Balaban J connectivity index is 2.01. The van der Waals surface area contributed by atoms with Crippen LogP contribution >= 0.6 is 0 Å². The molecule has 186 valence electrons. The predicted octanol–water partition coefficient (Wildman–Crippen LogP) is 4.89. The number of hydrogen-bond acceptors (Lipinski definition) is 6. The van der Waals surface area contributed by atoms with Crippen LogP contribution in [0.3, 0.4) is 0 Å². The average Bonchev–Trinajstić information content (AvgIpc) is 3.12. The van der Waals surface area contributed by atoms with Crippen molar-refractivity contribution < 1.29 is 28.9 Å². The van der Waals surface area contributed by atoms with Crippen molar-refractivity contribution in [3.8, 4) is 11.5 Å². The molecule has 35 heavy (non-hydrogen) atoms. The van der Waals surface area contributed by atoms with Crippen LogP contribution in [0.4, 0.5) is 0 Å². The number of ketones is 1. The van der Waals surface area contributed by atoms with Crippen molar-refractivity contribution in [1.82, 2.24) is 4.90 Å². The van der Waals surface area contributed by atoms with Crippen molar-refractivity contribution in [3.63, 3.8) is 0 Å². The minimum Gasteiger partial charge on any atom is -0.503 e. The normalized spacial score (nSPS) is 15.8. The van der Waals surface area contributed by atoms with Gasteiger partial charge in [0.05, 0.1) is 24.8 Å². The fourth-order valence-corrected chi connectivity index (χ4v) is 3.98. The number of amides is 1. The molecule has 7 heteroatoms. The smallest absolute Gasteiger partial charge is 0.290 e. The lowest BCUT2D eigenvalue weighted by atomic mass is 9.95. The lowest BCUT2D eigenvalue weighted by Crippen LogP contribution is -2.32. The zero-order chi connectivity index (χ0) is 25.2. The van der Waals surface area contributed by atoms with Gasteiger partial charge < -0.3 is 24.2 Å². The summed E-state index contributed by atoms with van der Waals surface area (Å²) in [5, 5.41) is 10.8. The summed E-state index contributed by atoms with van der Waals surface area (Å²) in [4.78, 5) is 27.8. The van der Waals surface area contributed by atoms with Crippen molar-refractivity contribution in [2.75, 3.05) is 33.5 Å². The minimum atomic E-state index is -0.758. The quantitative estimate of drug-likeness (QED) is 0.325. The molecule has 0 aliphatic carbocycles. The van der Waals surface area contributed by atoms with Crippen LogP contribution in [0.15, 0.2) is 65.9 Å². The van der Waals surface area contributed by atoms with Gasteiger partial charge in [0, 0.05) is 20.3 Å². The van der Waals surface area contributed by atoms with Gasteiger partial charge >= 0.3 is 0 Å². The second-order valence-electron chi connectivity index (χ2n) is 8.11. The average molecular weight is 480 g/mol. The summed E-state index contributed by atoms with van der Waals surface area (Å²) in [7, 11) is 1.59. The second kappa shape index (κ2) is 12.8. The molecule has 0 bridgehead atoms. The topological polar surface area (TPSA) is 85.3 Å². The third-order valence-corrected chi connectivity index (χ3v) is 5.59. The molecule has 7 nitrogen and oxygen atoms in total. The van der Waals surface area contributed by atoms with E-state index >= 15 is 0 Å². The van der Waals surface area contributed by atoms with Crippen molar-refractivity contribution in [2.45, 2.75) is 32.7 Å². The Labute approximate surface area is 206 Å². The number of carbonyl (C=O) groups is 2. The number of aliphatic hydroxyl groups excluding tert-OH is 1. The summed E-state index contributed by atoms with van der Waals surface area (Å²) < 4.78 is 16.7. The predicted molar refractivity (Wildman–Crippen MR) is 134 cm³/mol. The summed E-state index contributed by atoms with van der Waals surface area (Å²) in [6, 6.07) is 14.0. The molecule has 1 unspecified atom stereocenters. The van der Waals surface area contributed by atoms with Gasteiger partial charge in [0.15, 0.2) is 23.0 Å². The molecule has 1 N–H and O–H groups in total. The van der Waals surface area contributed by atoms with Gasteiger partial charge in [0.1, 0.15) is 0 Å². The van der Waals surface area contributed by atoms with E-state index in [2.05, 4.69) is 0 Å². The summed E-state index contributed by atoms with van der Waals surface area (Å²) >= 11 is 0. The van der Waals surface area contributed by atoms with Crippen LogP contribution in [-0.2, 0) is 14.3 Å². The first-order chi connectivity index (χ1) is 17.0. The van der Waals surface area contributed by atoms with Gasteiger partial charge in [-0.05, 0) is 49.1 Å². The van der Waals surface area contributed by atoms with Crippen LogP contribution in [0, 0.1) is 0 Å². The number of hydrogen-bond donors (Lipinski definition) is 1. The molecule has 2 aromatic carbocycles. The molecule has 1 heterocycles. The largest absolute Gasteiger partial charge is 0.503 e. The van der Waals surface area contributed by atoms with E-state index in [-0.39, 0.29) is 5.57 Å². The third-order valence-electron chi connectivity index (χ3n) is 5.59. The first kappa shape index (κ1) is 26.0. The van der Waals surface area contributed by atoms with Gasteiger partial charge in [0.2, 0.25) is 0 Å². The highest BCUT2D eigenvalue weighted by Gasteiger charge is 2.42. The summed E-state index contributed by atoms with van der Waals surface area (Å²) in [6.45, 7) is 5.63. The number of methoxy groups -OCH3 is 1. The second-order valence-corrected chi connectivity index (χ2v) is 8.11. The molecule has 1 amide bonds. The molecular formula is C28H33NO6. The Kier molecular flexibility index (Phi) is 9.49. The van der Waals surface area contributed by atoms with Crippen LogP contribution in [-0.4, -0.2) is 55.2 Å². The molecule has 1 aliphatic rings. The van der Waals surface area contributed by atoms with E-state index in [0.717, 1.165) is 12.0 Å². The minimum absolute atomic E-state index is 0.0456. The third kappa shape index (κ3) is 6.31. The van der Waals surface area contributed by atoms with Gasteiger partial charge in [-0.2, -0.15) is 0 Å². The lowest BCUT2D eigenvalue weighted by molar-refractivity contribution is -0.129. The van der Waals surface area contributed by atoms with E-state index in [1.54, 1.807) is 25.3 Å². The maximum Gasteiger partial charge on any atom is 0.290 e. The summed E-state index contributed by atoms with van der Waals surface area (Å²) in [5.74, 6) is -0.409. The molecule has 1 aliphatic heterocycles. The lowest BCUT2D eigenvalue weighted by Gasteiger charge is -2.27. The Bertz CT molecular complexity index is 1080. The standard InChI is InChI=1S/C28H33NO6/c1-4-17-35-23-15-13-21(19-24(23)34-5-2)26-25(22(30)14-12-20-10-7-6-8-11-20)27(31)28(32)29(26)16-9-18-33-3/h6-8,10-15,19,26,31H,4-5,9,16-18H2,1-3H3. The number of rotatable bonds is 13. The molecule has 0 radical (unpaired) electrons. The molecule has 0 spiro atoms. The van der Waals surface area contributed by atoms with E-state index in [4.69, 9.17) is 14.2 Å². The first-order valence-electron chi connectivity index (χ1n) is 11.9. The number of carbonyl (C=O) groups excluding carboxylic acids is 2. The van der Waals surface area contributed by atoms with Crippen molar-refractivity contribution in [2.24, 2.45) is 0 Å². The maximum absolute atomic E-state index is 13.3. The highest BCUT2D eigenvalue weighted by molar-refractivity contribution is 6.14. The SMILES string of the molecule is CCCOc1ccc(C2C(C(=O)C=Cc3ccccc3)=C(O)C(=O)N2CCCOC)cc1OCC. The van der Waals surface area contributed by atoms with E-state index in [1.165, 1.54) is 11.0 Å². The van der Waals surface area contributed by atoms with Gasteiger partial charge in [-0.25, -0.2) is 0 Å². The van der Waals surface area contributed by atoms with E-state index < -0.39 is 23.5 Å². The zero-order valence-electron chi connectivity index (χ0n) is 20.5. The molecule has 3 rings (SSSR count). The van der Waals surface area contributed by atoms with Crippen LogP contribution in [0.1, 0.15) is 43.9 Å². The molecule has 0 aromatic heterocycles. The Morgan fingerprint density at radius 2 is 1.83 bits per heavy atom. The Hall–Kier alpha value is -3.58. The van der Waals surface area contributed by atoms with Gasteiger partial charge in [-0.15, -0.1) is 0 Å². The van der Waals surface area contributed by atoms with Crippen molar-refractivity contribution >= 4 is 17.8 Å². The highest BCUT2D eigenvalue weighted by Crippen LogP contribution is 2.41. The number of aliphatic hydroxyl groups is 1. The van der Waals surface area contributed by atoms with Crippen molar-refractivity contribution in [3.05, 3.63) is 77.1 Å². The van der Waals surface area contributed by atoms with E-state index in [1.807, 2.05) is 50.2 Å². The fraction of sp³-hybridized carbons (Fsp3) is 0.357. The summed E-state index contributed by atoms with van der Waals surface area (Å²) in [6.07, 6.45) is 4.47. The number of ether oxygens (including phenoxy) is 3. The van der Waals surface area contributed by atoms with Gasteiger partial charge in [-0.1, -0.05) is 49.4 Å². The monoisotopic (exact) mass is 479 g/mol. The van der Waals surface area contributed by atoms with E-state index in [9.17, 15) is 14.7 Å². The van der Waals surface area contributed by atoms with Crippen molar-refractivity contribution in [1.29, 1.82) is 0 Å². The molecule has 0 saturated carbocycles. The van der Waals surface area contributed by atoms with Gasteiger partial charge in [0.25, 0.3) is 5.91 Å². The molecule has 0 saturated heterocycles. The first-order valence-corrected chi connectivity index (χ1v) is 11.9. The maximum atomic E-state index is 13.3. The van der Waals surface area contributed by atoms with Crippen LogP contribution in [0.25, 0.3) is 6.08 Å². The number of nitrogens with zero attached hydrogens (tertiary/aromatic N) is 1. The Morgan fingerprint density at radius 3 is 2.51 bits per heavy atom. The number of benzene rings is 2. The van der Waals surface area contributed by atoms with Crippen LogP contribution in [0.2, 0.25) is 0 Å². The zero-order valence-corrected chi connectivity index (χ0v) is 20.5. The number of allylic oxidation sites excluding steroid dienone is 1. The highest BCUT2D eigenvalue weighted by atomic mass is 16.5. The molecule has 0 fully saturated rings. The summed E-state index contributed by atoms with van der Waals surface area (Å²) in [5.41, 5.74) is 1.54. The van der Waals surface area contributed by atoms with E-state index in [0.29, 0.717) is 49.8 Å². The fourth-order valence-electron chi connectivity index (χ4n) is 3.98. The Morgan fingerprint density at radius 1 is 1.06 bits per heavy atom. The molecular weight excluding hydrogens is 446 g/mol. The van der Waals surface area contributed by atoms with Crippen LogP contribution < -0.4 is 9.47 Å². The molecule has 1 atom stereocenters.